The summed E-state index contributed by atoms with van der Waals surface area (Å²) in [4.78, 5) is 11.2. The third-order valence-electron chi connectivity index (χ3n) is 3.54. The van der Waals surface area contributed by atoms with E-state index in [2.05, 4.69) is 20.3 Å². The van der Waals surface area contributed by atoms with Gasteiger partial charge in [-0.15, -0.1) is 10.2 Å². The summed E-state index contributed by atoms with van der Waals surface area (Å²) in [5.74, 6) is 0.0678. The first kappa shape index (κ1) is 15.4. The minimum Gasteiger partial charge on any atom is -0.464 e. The first-order chi connectivity index (χ1) is 9.10. The Labute approximate surface area is 113 Å². The van der Waals surface area contributed by atoms with Gasteiger partial charge in [-0.2, -0.15) is 0 Å². The van der Waals surface area contributed by atoms with E-state index < -0.39 is 5.97 Å². The highest BCUT2D eigenvalue weighted by molar-refractivity contribution is 5.86. The number of aliphatic hydroxyl groups is 1. The summed E-state index contributed by atoms with van der Waals surface area (Å²) in [5.41, 5.74) is 0.0235. The zero-order valence-electron chi connectivity index (χ0n) is 11.6. The molecule has 1 aromatic rings. The van der Waals surface area contributed by atoms with Crippen LogP contribution in [0.4, 0.5) is 5.82 Å². The van der Waals surface area contributed by atoms with Crippen molar-refractivity contribution in [3.8, 4) is 0 Å². The van der Waals surface area contributed by atoms with Gasteiger partial charge in [0, 0.05) is 12.0 Å². The molecule has 0 radical (unpaired) electrons. The molecule has 0 spiro atoms. The number of rotatable bonds is 7. The molecular formula is C13H21N3O3. The van der Waals surface area contributed by atoms with Crippen LogP contribution in [0.3, 0.4) is 0 Å². The van der Waals surface area contributed by atoms with Crippen molar-refractivity contribution in [2.24, 2.45) is 5.41 Å². The first-order valence-electron chi connectivity index (χ1n) is 6.37. The van der Waals surface area contributed by atoms with Crippen LogP contribution in [-0.2, 0) is 4.74 Å². The minimum atomic E-state index is -0.508. The topological polar surface area (TPSA) is 84.3 Å². The summed E-state index contributed by atoms with van der Waals surface area (Å²) < 4.78 is 4.55. The summed E-state index contributed by atoms with van der Waals surface area (Å²) >= 11 is 0. The van der Waals surface area contributed by atoms with Crippen LogP contribution < -0.4 is 5.32 Å². The Balaban J connectivity index is 2.66. The van der Waals surface area contributed by atoms with Crippen molar-refractivity contribution >= 4 is 11.8 Å². The molecule has 1 rings (SSSR count). The van der Waals surface area contributed by atoms with E-state index in [4.69, 9.17) is 0 Å². The van der Waals surface area contributed by atoms with E-state index in [1.54, 1.807) is 12.1 Å². The van der Waals surface area contributed by atoms with Crippen LogP contribution >= 0.6 is 0 Å². The Kier molecular flexibility index (Phi) is 5.69. The second-order valence-electron chi connectivity index (χ2n) is 4.51. The van der Waals surface area contributed by atoms with Gasteiger partial charge in [-0.05, 0) is 25.0 Å². The van der Waals surface area contributed by atoms with Crippen molar-refractivity contribution in [1.29, 1.82) is 0 Å². The fourth-order valence-corrected chi connectivity index (χ4v) is 1.70. The second-order valence-corrected chi connectivity index (χ2v) is 4.51. The smallest absolute Gasteiger partial charge is 0.358 e. The van der Waals surface area contributed by atoms with Gasteiger partial charge in [0.15, 0.2) is 5.69 Å². The highest BCUT2D eigenvalue weighted by Crippen LogP contribution is 2.25. The standard InChI is InChI=1S/C13H21N3O3/c1-4-13(5-2,9-17)8-14-11-7-6-10(15-16-11)12(18)19-3/h6-7,17H,4-5,8-9H2,1-3H3,(H,14,16). The number of carbonyl (C=O) groups is 1. The Hall–Kier alpha value is -1.69. The van der Waals surface area contributed by atoms with Crippen molar-refractivity contribution in [2.75, 3.05) is 25.6 Å². The molecule has 19 heavy (non-hydrogen) atoms. The minimum absolute atomic E-state index is 0.126. The predicted octanol–water partition coefficient (Wildman–Crippen LogP) is 1.47. The van der Waals surface area contributed by atoms with Gasteiger partial charge < -0.3 is 15.2 Å². The number of anilines is 1. The number of esters is 1. The van der Waals surface area contributed by atoms with Crippen LogP contribution in [0.5, 0.6) is 0 Å². The molecule has 1 aromatic heterocycles. The number of ether oxygens (including phenoxy) is 1. The molecule has 0 aliphatic carbocycles. The zero-order valence-corrected chi connectivity index (χ0v) is 11.6. The SMILES string of the molecule is CCC(CC)(CO)CNc1ccc(C(=O)OC)nn1. The lowest BCUT2D eigenvalue weighted by Crippen LogP contribution is -2.32. The number of aromatic nitrogens is 2. The zero-order chi connectivity index (χ0) is 14.3. The summed E-state index contributed by atoms with van der Waals surface area (Å²) in [7, 11) is 1.30. The molecule has 0 unspecified atom stereocenters. The maximum absolute atomic E-state index is 11.2. The average molecular weight is 267 g/mol. The molecule has 2 N–H and O–H groups in total. The van der Waals surface area contributed by atoms with E-state index in [0.29, 0.717) is 12.4 Å². The van der Waals surface area contributed by atoms with Gasteiger partial charge in [0.25, 0.3) is 0 Å². The Morgan fingerprint density at radius 2 is 2.05 bits per heavy atom. The summed E-state index contributed by atoms with van der Waals surface area (Å²) in [6.45, 7) is 4.84. The monoisotopic (exact) mass is 267 g/mol. The Morgan fingerprint density at radius 3 is 2.47 bits per heavy atom. The molecule has 6 heteroatoms. The lowest BCUT2D eigenvalue weighted by molar-refractivity contribution is 0.0593. The number of nitrogens with one attached hydrogen (secondary N) is 1. The van der Waals surface area contributed by atoms with Crippen molar-refractivity contribution < 1.29 is 14.6 Å². The fourth-order valence-electron chi connectivity index (χ4n) is 1.70. The van der Waals surface area contributed by atoms with Crippen LogP contribution in [0.2, 0.25) is 0 Å². The van der Waals surface area contributed by atoms with Crippen molar-refractivity contribution in [3.63, 3.8) is 0 Å². The van der Waals surface area contributed by atoms with E-state index in [1.807, 2.05) is 13.8 Å². The van der Waals surface area contributed by atoms with Crippen LogP contribution in [0.25, 0.3) is 0 Å². The molecule has 0 amide bonds. The van der Waals surface area contributed by atoms with Crippen LogP contribution in [0.1, 0.15) is 37.2 Å². The number of methoxy groups -OCH3 is 1. The van der Waals surface area contributed by atoms with Crippen molar-refractivity contribution in [3.05, 3.63) is 17.8 Å². The maximum Gasteiger partial charge on any atom is 0.358 e. The van der Waals surface area contributed by atoms with Gasteiger partial charge >= 0.3 is 5.97 Å². The van der Waals surface area contributed by atoms with E-state index in [9.17, 15) is 9.90 Å². The molecule has 6 nitrogen and oxygen atoms in total. The molecule has 0 saturated heterocycles. The van der Waals surface area contributed by atoms with Crippen molar-refractivity contribution in [2.45, 2.75) is 26.7 Å². The van der Waals surface area contributed by atoms with E-state index >= 15 is 0 Å². The van der Waals surface area contributed by atoms with E-state index in [-0.39, 0.29) is 17.7 Å². The van der Waals surface area contributed by atoms with Crippen LogP contribution in [-0.4, -0.2) is 41.5 Å². The van der Waals surface area contributed by atoms with Gasteiger partial charge in [-0.1, -0.05) is 13.8 Å². The van der Waals surface area contributed by atoms with Crippen LogP contribution in [0.15, 0.2) is 12.1 Å². The summed E-state index contributed by atoms with van der Waals surface area (Å²) in [6, 6.07) is 3.23. The predicted molar refractivity (Wildman–Crippen MR) is 72.0 cm³/mol. The average Bonchev–Trinajstić information content (AvgIpc) is 2.49. The normalized spacial score (nSPS) is 11.2. The molecule has 0 fully saturated rings. The van der Waals surface area contributed by atoms with Gasteiger partial charge in [0.2, 0.25) is 0 Å². The number of carbonyl (C=O) groups excluding carboxylic acids is 1. The fraction of sp³-hybridized carbons (Fsp3) is 0.615. The Bertz CT molecular complexity index is 394. The number of hydrogen-bond donors (Lipinski definition) is 2. The molecule has 0 aliphatic heterocycles. The first-order valence-corrected chi connectivity index (χ1v) is 6.37. The highest BCUT2D eigenvalue weighted by atomic mass is 16.5. The lowest BCUT2D eigenvalue weighted by atomic mass is 9.83. The molecule has 1 heterocycles. The summed E-state index contributed by atoms with van der Waals surface area (Å²) in [6.07, 6.45) is 1.75. The molecule has 0 aromatic carbocycles. The number of aliphatic hydroxyl groups excluding tert-OH is 1. The quantitative estimate of drug-likeness (QED) is 0.728. The Morgan fingerprint density at radius 1 is 1.37 bits per heavy atom. The molecule has 0 atom stereocenters. The van der Waals surface area contributed by atoms with E-state index in [1.165, 1.54) is 7.11 Å². The lowest BCUT2D eigenvalue weighted by Gasteiger charge is -2.29. The number of hydrogen-bond acceptors (Lipinski definition) is 6. The third kappa shape index (κ3) is 3.89. The molecule has 0 aliphatic rings. The van der Waals surface area contributed by atoms with Gasteiger partial charge in [-0.25, -0.2) is 4.79 Å². The largest absolute Gasteiger partial charge is 0.464 e. The van der Waals surface area contributed by atoms with Crippen LogP contribution in [0, 0.1) is 5.41 Å². The van der Waals surface area contributed by atoms with Gasteiger partial charge in [-0.3, -0.25) is 0 Å². The molecule has 0 saturated carbocycles. The maximum atomic E-state index is 11.2. The van der Waals surface area contributed by atoms with Crippen molar-refractivity contribution in [1.82, 2.24) is 10.2 Å². The van der Waals surface area contributed by atoms with Gasteiger partial charge in [0.1, 0.15) is 5.82 Å². The molecule has 0 bridgehead atoms. The number of nitrogens with zero attached hydrogens (tertiary/aromatic N) is 2. The van der Waals surface area contributed by atoms with E-state index in [0.717, 1.165) is 12.8 Å². The highest BCUT2D eigenvalue weighted by Gasteiger charge is 2.25. The summed E-state index contributed by atoms with van der Waals surface area (Å²) in [5, 5.41) is 20.3. The third-order valence-corrected chi connectivity index (χ3v) is 3.54. The van der Waals surface area contributed by atoms with Gasteiger partial charge in [0.05, 0.1) is 13.7 Å². The molecular weight excluding hydrogens is 246 g/mol. The second kappa shape index (κ2) is 7.04. The molecule has 106 valence electrons.